The van der Waals surface area contributed by atoms with E-state index in [2.05, 4.69) is 20.9 Å². The van der Waals surface area contributed by atoms with Crippen molar-refractivity contribution in [1.82, 2.24) is 14.8 Å². The first-order valence-electron chi connectivity index (χ1n) is 10.8. The maximum Gasteiger partial charge on any atom is 0.196 e. The number of piperazine rings is 1. The molecule has 6 heteroatoms. The lowest BCUT2D eigenvalue weighted by Gasteiger charge is -2.34. The second-order valence-corrected chi connectivity index (χ2v) is 8.19. The van der Waals surface area contributed by atoms with Crippen LogP contribution in [-0.2, 0) is 13.1 Å². The molecule has 5 rings (SSSR count). The summed E-state index contributed by atoms with van der Waals surface area (Å²) < 4.78 is 5.70. The van der Waals surface area contributed by atoms with E-state index < -0.39 is 0 Å². The van der Waals surface area contributed by atoms with Gasteiger partial charge >= 0.3 is 0 Å². The van der Waals surface area contributed by atoms with Gasteiger partial charge in [0.1, 0.15) is 17.6 Å². The summed E-state index contributed by atoms with van der Waals surface area (Å²) in [6.07, 6.45) is 5.21. The molecule has 0 saturated carbocycles. The van der Waals surface area contributed by atoms with Crippen molar-refractivity contribution < 1.29 is 14.3 Å². The molecule has 1 aliphatic rings. The molecule has 0 radical (unpaired) electrons. The molecule has 32 heavy (non-hydrogen) atoms. The summed E-state index contributed by atoms with van der Waals surface area (Å²) >= 11 is 0. The zero-order valence-electron chi connectivity index (χ0n) is 17.8. The zero-order chi connectivity index (χ0) is 21.9. The van der Waals surface area contributed by atoms with Crippen molar-refractivity contribution in [2.45, 2.75) is 13.1 Å². The van der Waals surface area contributed by atoms with Crippen molar-refractivity contribution >= 4 is 16.8 Å². The van der Waals surface area contributed by atoms with E-state index >= 15 is 0 Å². The Kier molecular flexibility index (Phi) is 5.71. The number of aromatic nitrogens is 1. The fourth-order valence-corrected chi connectivity index (χ4v) is 4.34. The molecule has 0 spiro atoms. The van der Waals surface area contributed by atoms with Gasteiger partial charge in [-0.25, -0.2) is 0 Å². The van der Waals surface area contributed by atoms with Crippen LogP contribution < -0.4 is 0 Å². The quantitative estimate of drug-likeness (QED) is 0.468. The molecule has 0 aliphatic carbocycles. The lowest BCUT2D eigenvalue weighted by Crippen LogP contribution is -2.45. The molecule has 0 atom stereocenters. The van der Waals surface area contributed by atoms with Crippen molar-refractivity contribution in [1.29, 1.82) is 0 Å². The Hall–Kier alpha value is -3.48. The third-order valence-corrected chi connectivity index (χ3v) is 6.08. The number of carbonyl (C=O) groups is 1. The van der Waals surface area contributed by atoms with Crippen LogP contribution in [0.4, 0.5) is 0 Å². The first kappa shape index (κ1) is 20.4. The molecule has 2 aromatic carbocycles. The van der Waals surface area contributed by atoms with Gasteiger partial charge in [0.25, 0.3) is 0 Å². The van der Waals surface area contributed by atoms with Gasteiger partial charge in [0.15, 0.2) is 5.78 Å². The molecule has 6 nitrogen and oxygen atoms in total. The Morgan fingerprint density at radius 1 is 0.938 bits per heavy atom. The fourth-order valence-electron chi connectivity index (χ4n) is 4.34. The van der Waals surface area contributed by atoms with Crippen molar-refractivity contribution in [3.63, 3.8) is 0 Å². The Labute approximate surface area is 186 Å². The van der Waals surface area contributed by atoms with E-state index in [1.54, 1.807) is 30.5 Å². The van der Waals surface area contributed by atoms with Gasteiger partial charge in [0.05, 0.1) is 5.56 Å². The summed E-state index contributed by atoms with van der Waals surface area (Å²) in [7, 11) is 0. The summed E-state index contributed by atoms with van der Waals surface area (Å²) in [4.78, 5) is 22.1. The van der Waals surface area contributed by atoms with Crippen LogP contribution in [0.1, 0.15) is 27.0 Å². The Bertz CT molecular complexity index is 1210. The minimum atomic E-state index is -0.0995. The van der Waals surface area contributed by atoms with Gasteiger partial charge in [0, 0.05) is 68.2 Å². The standard InChI is InChI=1S/C26H25N3O3/c30-23-8-9-24-25(22(18-32-24)26(31)20-6-2-1-3-7-20)21(23)17-29-13-11-28(12-14-29)16-19-5-4-10-27-15-19/h1-10,15,18,30H,11-14,16-17H2. The van der Waals surface area contributed by atoms with Gasteiger partial charge in [-0.05, 0) is 23.8 Å². The zero-order valence-corrected chi connectivity index (χ0v) is 17.8. The van der Waals surface area contributed by atoms with Crippen molar-refractivity contribution in [3.8, 4) is 5.75 Å². The number of hydrogen-bond acceptors (Lipinski definition) is 6. The second kappa shape index (κ2) is 8.94. The molecule has 1 aliphatic heterocycles. The molecule has 0 amide bonds. The van der Waals surface area contributed by atoms with Crippen LogP contribution in [0.3, 0.4) is 0 Å². The molecule has 1 N–H and O–H groups in total. The first-order chi connectivity index (χ1) is 15.7. The van der Waals surface area contributed by atoms with Gasteiger partial charge in [-0.2, -0.15) is 0 Å². The highest BCUT2D eigenvalue weighted by Gasteiger charge is 2.23. The Balaban J connectivity index is 1.35. The summed E-state index contributed by atoms with van der Waals surface area (Å²) in [6, 6.07) is 16.6. The largest absolute Gasteiger partial charge is 0.508 e. The summed E-state index contributed by atoms with van der Waals surface area (Å²) in [5.41, 5.74) is 3.68. The second-order valence-electron chi connectivity index (χ2n) is 8.19. The number of carbonyl (C=O) groups excluding carboxylic acids is 1. The molecule has 0 unspecified atom stereocenters. The minimum Gasteiger partial charge on any atom is -0.508 e. The molecule has 1 saturated heterocycles. The Morgan fingerprint density at radius 3 is 2.41 bits per heavy atom. The van der Waals surface area contributed by atoms with Crippen LogP contribution in [0.15, 0.2) is 77.7 Å². The number of fused-ring (bicyclic) bond motifs is 1. The van der Waals surface area contributed by atoms with Gasteiger partial charge in [-0.15, -0.1) is 0 Å². The number of phenols is 1. The molecule has 4 aromatic rings. The molecule has 162 valence electrons. The van der Waals surface area contributed by atoms with E-state index in [4.69, 9.17) is 4.42 Å². The number of phenolic OH excluding ortho intramolecular Hbond substituents is 1. The number of aromatic hydroxyl groups is 1. The SMILES string of the molecule is O=C(c1ccccc1)c1coc2ccc(O)c(CN3CCN(Cc4cccnc4)CC3)c12. The predicted molar refractivity (Wildman–Crippen MR) is 123 cm³/mol. The number of nitrogens with zero attached hydrogens (tertiary/aromatic N) is 3. The van der Waals surface area contributed by atoms with E-state index in [0.717, 1.165) is 38.3 Å². The van der Waals surface area contributed by atoms with Gasteiger partial charge < -0.3 is 9.52 Å². The predicted octanol–water partition coefficient (Wildman–Crippen LogP) is 4.08. The van der Waals surface area contributed by atoms with Crippen LogP contribution in [0.2, 0.25) is 0 Å². The minimum absolute atomic E-state index is 0.0995. The fraction of sp³-hybridized carbons (Fsp3) is 0.231. The number of benzene rings is 2. The van der Waals surface area contributed by atoms with Crippen LogP contribution in [0.5, 0.6) is 5.75 Å². The molecule has 3 heterocycles. The van der Waals surface area contributed by atoms with Gasteiger partial charge in [0.2, 0.25) is 0 Å². The molecular weight excluding hydrogens is 402 g/mol. The number of rotatable bonds is 6. The smallest absolute Gasteiger partial charge is 0.196 e. The summed E-state index contributed by atoms with van der Waals surface area (Å²) in [5, 5.41) is 11.4. The summed E-state index contributed by atoms with van der Waals surface area (Å²) in [5.74, 6) is 0.0938. The van der Waals surface area contributed by atoms with E-state index in [9.17, 15) is 9.90 Å². The van der Waals surface area contributed by atoms with E-state index in [1.165, 1.54) is 11.8 Å². The third-order valence-electron chi connectivity index (χ3n) is 6.08. The number of furan rings is 1. The number of pyridine rings is 1. The van der Waals surface area contributed by atoms with E-state index in [0.29, 0.717) is 28.6 Å². The maximum absolute atomic E-state index is 13.1. The average Bonchev–Trinajstić information content (AvgIpc) is 3.27. The van der Waals surface area contributed by atoms with Crippen LogP contribution >= 0.6 is 0 Å². The topological polar surface area (TPSA) is 69.8 Å². The van der Waals surface area contributed by atoms with Gasteiger partial charge in [-0.3, -0.25) is 19.6 Å². The Morgan fingerprint density at radius 2 is 1.69 bits per heavy atom. The monoisotopic (exact) mass is 427 g/mol. The number of ketones is 1. The van der Waals surface area contributed by atoms with Crippen molar-refractivity contribution in [2.24, 2.45) is 0 Å². The molecule has 2 aromatic heterocycles. The lowest BCUT2D eigenvalue weighted by atomic mass is 9.98. The summed E-state index contributed by atoms with van der Waals surface area (Å²) in [6.45, 7) is 5.10. The molecule has 1 fully saturated rings. The van der Waals surface area contributed by atoms with E-state index in [1.807, 2.05) is 30.5 Å². The number of hydrogen-bond donors (Lipinski definition) is 1. The highest BCUT2D eigenvalue weighted by atomic mass is 16.3. The van der Waals surface area contributed by atoms with Crippen LogP contribution in [0, 0.1) is 0 Å². The molecular formula is C26H25N3O3. The maximum atomic E-state index is 13.1. The normalized spacial score (nSPS) is 15.2. The van der Waals surface area contributed by atoms with Crippen LogP contribution in [0.25, 0.3) is 11.0 Å². The van der Waals surface area contributed by atoms with Crippen molar-refractivity contribution in [2.75, 3.05) is 26.2 Å². The average molecular weight is 428 g/mol. The first-order valence-corrected chi connectivity index (χ1v) is 10.8. The van der Waals surface area contributed by atoms with Crippen LogP contribution in [-0.4, -0.2) is 51.9 Å². The van der Waals surface area contributed by atoms with Crippen molar-refractivity contribution in [3.05, 3.63) is 95.5 Å². The van der Waals surface area contributed by atoms with E-state index in [-0.39, 0.29) is 11.5 Å². The van der Waals surface area contributed by atoms with Gasteiger partial charge in [-0.1, -0.05) is 36.4 Å². The molecule has 0 bridgehead atoms. The third kappa shape index (κ3) is 4.15. The highest BCUT2D eigenvalue weighted by molar-refractivity contribution is 6.16. The lowest BCUT2D eigenvalue weighted by molar-refractivity contribution is 0.103. The highest BCUT2D eigenvalue weighted by Crippen LogP contribution is 2.33.